The van der Waals surface area contributed by atoms with E-state index in [-0.39, 0.29) is 10.8 Å². The van der Waals surface area contributed by atoms with E-state index in [1.165, 1.54) is 43.5 Å². The number of aryl methyl sites for hydroxylation is 1. The maximum Gasteiger partial charge on any atom is 0.350 e. The summed E-state index contributed by atoms with van der Waals surface area (Å²) in [5, 5.41) is 13.4. The summed E-state index contributed by atoms with van der Waals surface area (Å²) in [6.07, 6.45) is 2.79. The smallest absolute Gasteiger partial charge is 0.350 e. The third-order valence-corrected chi connectivity index (χ3v) is 3.98. The zero-order valence-electron chi connectivity index (χ0n) is 12.8. The molecule has 24 heavy (non-hydrogen) atoms. The van der Waals surface area contributed by atoms with Crippen LogP contribution >= 0.6 is 11.3 Å². The summed E-state index contributed by atoms with van der Waals surface area (Å²) in [5.41, 5.74) is 1.09. The summed E-state index contributed by atoms with van der Waals surface area (Å²) >= 11 is 1.02. The highest BCUT2D eigenvalue weighted by Crippen LogP contribution is 2.23. The molecule has 1 N–H and O–H groups in total. The van der Waals surface area contributed by atoms with Crippen molar-refractivity contribution in [3.05, 3.63) is 56.6 Å². The summed E-state index contributed by atoms with van der Waals surface area (Å²) in [6.45, 7) is 1.64. The van der Waals surface area contributed by atoms with Crippen molar-refractivity contribution in [2.45, 2.75) is 6.92 Å². The number of nitro benzene ring substituents is 1. The third-order valence-electron chi connectivity index (χ3n) is 2.93. The molecule has 0 bridgehead atoms. The average molecular weight is 347 g/mol. The van der Waals surface area contributed by atoms with Crippen molar-refractivity contribution in [3.63, 3.8) is 0 Å². The number of hydrogen-bond acceptors (Lipinski definition) is 7. The number of amides is 1. The lowest BCUT2D eigenvalue weighted by atomic mass is 10.2. The topological polar surface area (TPSA) is 111 Å². The monoisotopic (exact) mass is 347 g/mol. The van der Waals surface area contributed by atoms with E-state index in [0.29, 0.717) is 16.1 Å². The van der Waals surface area contributed by atoms with Gasteiger partial charge in [0, 0.05) is 18.2 Å². The quantitative estimate of drug-likeness (QED) is 0.385. The Morgan fingerprint density at radius 2 is 2.00 bits per heavy atom. The summed E-state index contributed by atoms with van der Waals surface area (Å²) in [4.78, 5) is 37.8. The Hall–Kier alpha value is -3.07. The van der Waals surface area contributed by atoms with Crippen molar-refractivity contribution >= 4 is 40.1 Å². The van der Waals surface area contributed by atoms with Crippen molar-refractivity contribution in [2.24, 2.45) is 0 Å². The minimum absolute atomic E-state index is 0.0230. The molecule has 0 aliphatic rings. The van der Waals surface area contributed by atoms with Gasteiger partial charge in [-0.2, -0.15) is 0 Å². The molecule has 2 aromatic rings. The Morgan fingerprint density at radius 3 is 2.58 bits per heavy atom. The number of ether oxygens (including phenoxy) is 1. The van der Waals surface area contributed by atoms with Gasteiger partial charge in [0.25, 0.3) is 5.69 Å². The maximum absolute atomic E-state index is 11.9. The molecule has 1 aromatic heterocycles. The van der Waals surface area contributed by atoms with Crippen LogP contribution in [0, 0.1) is 17.0 Å². The number of methoxy groups -OCH3 is 1. The van der Waals surface area contributed by atoms with E-state index in [2.05, 4.69) is 15.0 Å². The lowest BCUT2D eigenvalue weighted by molar-refractivity contribution is -0.384. The fourth-order valence-corrected chi connectivity index (χ4v) is 2.65. The first-order valence-corrected chi connectivity index (χ1v) is 7.51. The van der Waals surface area contributed by atoms with Crippen LogP contribution in [0.2, 0.25) is 0 Å². The summed E-state index contributed by atoms with van der Waals surface area (Å²) in [6, 6.07) is 5.77. The number of thiazole rings is 1. The molecule has 0 spiro atoms. The van der Waals surface area contributed by atoms with Crippen molar-refractivity contribution in [2.75, 3.05) is 12.4 Å². The molecule has 8 nitrogen and oxygen atoms in total. The van der Waals surface area contributed by atoms with E-state index in [1.807, 2.05) is 0 Å². The Morgan fingerprint density at radius 1 is 1.33 bits per heavy atom. The second kappa shape index (κ2) is 7.47. The number of anilines is 1. The van der Waals surface area contributed by atoms with Gasteiger partial charge in [-0.1, -0.05) is 11.3 Å². The van der Waals surface area contributed by atoms with E-state index in [0.717, 1.165) is 11.3 Å². The van der Waals surface area contributed by atoms with Gasteiger partial charge in [0.15, 0.2) is 5.13 Å². The first kappa shape index (κ1) is 17.3. The molecule has 124 valence electrons. The molecule has 2 rings (SSSR count). The molecule has 0 radical (unpaired) electrons. The van der Waals surface area contributed by atoms with Crippen LogP contribution in [0.25, 0.3) is 6.08 Å². The van der Waals surface area contributed by atoms with Gasteiger partial charge >= 0.3 is 5.97 Å². The van der Waals surface area contributed by atoms with Crippen LogP contribution in [0.4, 0.5) is 10.8 Å². The Kier molecular flexibility index (Phi) is 5.38. The summed E-state index contributed by atoms with van der Waals surface area (Å²) in [7, 11) is 1.27. The average Bonchev–Trinajstić information content (AvgIpc) is 2.92. The number of aromatic nitrogens is 1. The Labute approximate surface area is 140 Å². The zero-order chi connectivity index (χ0) is 17.7. The molecule has 0 aliphatic heterocycles. The number of nitrogens with zero attached hydrogens (tertiary/aromatic N) is 2. The van der Waals surface area contributed by atoms with Gasteiger partial charge in [0.2, 0.25) is 5.91 Å². The molecule has 0 saturated carbocycles. The minimum atomic E-state index is -0.507. The number of carbonyl (C=O) groups excluding carboxylic acids is 2. The molecule has 0 unspecified atom stereocenters. The summed E-state index contributed by atoms with van der Waals surface area (Å²) in [5.74, 6) is -0.939. The fourth-order valence-electron chi connectivity index (χ4n) is 1.76. The second-order valence-corrected chi connectivity index (χ2v) is 5.60. The van der Waals surface area contributed by atoms with E-state index in [1.54, 1.807) is 6.92 Å². The fraction of sp³-hybridized carbons (Fsp3) is 0.133. The van der Waals surface area contributed by atoms with Crippen LogP contribution in [0.1, 0.15) is 20.9 Å². The van der Waals surface area contributed by atoms with Gasteiger partial charge in [-0.05, 0) is 30.7 Å². The van der Waals surface area contributed by atoms with Gasteiger partial charge in [-0.3, -0.25) is 20.2 Å². The number of nitro groups is 1. The number of esters is 1. The van der Waals surface area contributed by atoms with E-state index in [9.17, 15) is 19.7 Å². The molecule has 0 atom stereocenters. The van der Waals surface area contributed by atoms with E-state index < -0.39 is 16.8 Å². The van der Waals surface area contributed by atoms with Crippen molar-refractivity contribution in [1.29, 1.82) is 0 Å². The Balaban J connectivity index is 2.02. The van der Waals surface area contributed by atoms with Gasteiger partial charge in [0.05, 0.1) is 17.7 Å². The highest BCUT2D eigenvalue weighted by Gasteiger charge is 2.16. The van der Waals surface area contributed by atoms with E-state index >= 15 is 0 Å². The number of nitrogens with one attached hydrogen (secondary N) is 1. The number of carbonyl (C=O) groups is 2. The lowest BCUT2D eigenvalue weighted by Gasteiger charge is -1.96. The SMILES string of the molecule is COC(=O)c1sc(NC(=O)/C=C\c2ccc([N+](=O)[O-])cc2)nc1C. The molecule has 1 aromatic carbocycles. The van der Waals surface area contributed by atoms with Crippen LogP contribution in [0.3, 0.4) is 0 Å². The van der Waals surface area contributed by atoms with Crippen molar-refractivity contribution in [3.8, 4) is 0 Å². The van der Waals surface area contributed by atoms with Crippen molar-refractivity contribution in [1.82, 2.24) is 4.98 Å². The molecule has 0 aliphatic carbocycles. The maximum atomic E-state index is 11.9. The number of hydrogen-bond donors (Lipinski definition) is 1. The number of benzene rings is 1. The molecular formula is C15H13N3O5S. The van der Waals surface area contributed by atoms with Gasteiger partial charge in [0.1, 0.15) is 4.88 Å². The van der Waals surface area contributed by atoms with Crippen molar-refractivity contribution < 1.29 is 19.2 Å². The van der Waals surface area contributed by atoms with E-state index in [4.69, 9.17) is 0 Å². The normalized spacial score (nSPS) is 10.6. The minimum Gasteiger partial charge on any atom is -0.465 e. The predicted octanol–water partition coefficient (Wildman–Crippen LogP) is 2.80. The molecule has 0 saturated heterocycles. The standard InChI is InChI=1S/C15H13N3O5S/c1-9-13(14(20)23-2)24-15(16-9)17-12(19)8-5-10-3-6-11(7-4-10)18(21)22/h3-8H,1-2H3,(H,16,17,19)/b8-5-. The van der Waals surface area contributed by atoms with Crippen LogP contribution in [-0.2, 0) is 9.53 Å². The first-order valence-electron chi connectivity index (χ1n) is 6.70. The largest absolute Gasteiger partial charge is 0.465 e. The number of rotatable bonds is 5. The van der Waals surface area contributed by atoms with Gasteiger partial charge in [-0.15, -0.1) is 0 Å². The van der Waals surface area contributed by atoms with Crippen LogP contribution in [0.5, 0.6) is 0 Å². The second-order valence-electron chi connectivity index (χ2n) is 4.60. The first-order chi connectivity index (χ1) is 11.4. The van der Waals surface area contributed by atoms with Crippen LogP contribution in [0.15, 0.2) is 30.3 Å². The third kappa shape index (κ3) is 4.23. The zero-order valence-corrected chi connectivity index (χ0v) is 13.6. The molecule has 9 heteroatoms. The molecule has 1 amide bonds. The highest BCUT2D eigenvalue weighted by atomic mass is 32.1. The molecular weight excluding hydrogens is 334 g/mol. The van der Waals surface area contributed by atoms with Gasteiger partial charge in [-0.25, -0.2) is 9.78 Å². The Bertz CT molecular complexity index is 811. The molecule has 0 fully saturated rings. The predicted molar refractivity (Wildman–Crippen MR) is 89.0 cm³/mol. The van der Waals surface area contributed by atoms with Crippen LogP contribution in [-0.4, -0.2) is 28.9 Å². The van der Waals surface area contributed by atoms with Crippen LogP contribution < -0.4 is 5.32 Å². The molecule has 1 heterocycles. The summed E-state index contributed by atoms with van der Waals surface area (Å²) < 4.78 is 4.62. The highest BCUT2D eigenvalue weighted by molar-refractivity contribution is 7.17. The van der Waals surface area contributed by atoms with Gasteiger partial charge < -0.3 is 4.74 Å². The number of non-ortho nitro benzene ring substituents is 1. The lowest BCUT2D eigenvalue weighted by Crippen LogP contribution is -2.07.